The summed E-state index contributed by atoms with van der Waals surface area (Å²) < 4.78 is 26.9. The molecule has 1 amide bonds. The second-order valence-corrected chi connectivity index (χ2v) is 10.5. The highest BCUT2D eigenvalue weighted by Gasteiger charge is 2.27. The van der Waals surface area contributed by atoms with Crippen LogP contribution in [-0.4, -0.2) is 52.7 Å². The molecule has 2 N–H and O–H groups in total. The van der Waals surface area contributed by atoms with E-state index in [-0.39, 0.29) is 16.6 Å². The fourth-order valence-electron chi connectivity index (χ4n) is 3.48. The molecule has 0 saturated carbocycles. The Morgan fingerprint density at radius 3 is 2.73 bits per heavy atom. The molecule has 0 aliphatic carbocycles. The standard InChI is InChI=1S/C23H25N5O3S2/c1-17-7-2-3-8-18(17)11-12-21-25-23(27-26-21)32-16-22(29)24-19-9-6-10-20(15-19)33(30,31)28-13-4-5-14-28/h2-3,6-12,15H,4-5,13-14,16H2,1H3,(H,24,29)(H,25,26,27)/b12-11+. The Labute approximate surface area is 197 Å². The van der Waals surface area contributed by atoms with Gasteiger partial charge in [0.1, 0.15) is 5.82 Å². The molecule has 2 heterocycles. The minimum absolute atomic E-state index is 0.0991. The Morgan fingerprint density at radius 2 is 1.94 bits per heavy atom. The van der Waals surface area contributed by atoms with E-state index in [1.54, 1.807) is 18.2 Å². The summed E-state index contributed by atoms with van der Waals surface area (Å²) >= 11 is 1.20. The molecule has 172 valence electrons. The number of hydrogen-bond acceptors (Lipinski definition) is 6. The first-order chi connectivity index (χ1) is 15.9. The lowest BCUT2D eigenvalue weighted by Gasteiger charge is -2.16. The molecular weight excluding hydrogens is 458 g/mol. The van der Waals surface area contributed by atoms with E-state index >= 15 is 0 Å². The summed E-state index contributed by atoms with van der Waals surface area (Å²) in [7, 11) is -3.53. The van der Waals surface area contributed by atoms with Crippen molar-refractivity contribution in [1.29, 1.82) is 0 Å². The van der Waals surface area contributed by atoms with Crippen LogP contribution in [0.25, 0.3) is 12.2 Å². The van der Waals surface area contributed by atoms with Gasteiger partial charge in [-0.25, -0.2) is 13.4 Å². The minimum Gasteiger partial charge on any atom is -0.325 e. The van der Waals surface area contributed by atoms with Crippen molar-refractivity contribution in [3.63, 3.8) is 0 Å². The highest BCUT2D eigenvalue weighted by atomic mass is 32.2. The monoisotopic (exact) mass is 483 g/mol. The number of amides is 1. The van der Waals surface area contributed by atoms with Crippen molar-refractivity contribution in [2.45, 2.75) is 29.8 Å². The summed E-state index contributed by atoms with van der Waals surface area (Å²) in [4.78, 5) is 16.9. The van der Waals surface area contributed by atoms with E-state index in [1.807, 2.05) is 43.3 Å². The molecule has 1 saturated heterocycles. The van der Waals surface area contributed by atoms with Crippen LogP contribution in [0, 0.1) is 6.92 Å². The molecule has 0 atom stereocenters. The third-order valence-corrected chi connectivity index (χ3v) is 7.99. The van der Waals surface area contributed by atoms with E-state index in [2.05, 4.69) is 20.5 Å². The Morgan fingerprint density at radius 1 is 1.15 bits per heavy atom. The molecule has 0 bridgehead atoms. The summed E-state index contributed by atoms with van der Waals surface area (Å²) in [6.45, 7) is 3.11. The number of H-pyrrole nitrogens is 1. The summed E-state index contributed by atoms with van der Waals surface area (Å²) in [6, 6.07) is 14.4. The molecular formula is C23H25N5O3S2. The van der Waals surface area contributed by atoms with Crippen LogP contribution in [-0.2, 0) is 14.8 Å². The van der Waals surface area contributed by atoms with Crippen LogP contribution in [0.4, 0.5) is 5.69 Å². The quantitative estimate of drug-likeness (QED) is 0.472. The van der Waals surface area contributed by atoms with E-state index in [9.17, 15) is 13.2 Å². The Balaban J connectivity index is 1.32. The molecule has 3 aromatic rings. The van der Waals surface area contributed by atoms with Crippen LogP contribution in [0.1, 0.15) is 29.8 Å². The fourth-order valence-corrected chi connectivity index (χ4v) is 5.65. The lowest BCUT2D eigenvalue weighted by molar-refractivity contribution is -0.113. The van der Waals surface area contributed by atoms with Gasteiger partial charge in [0.25, 0.3) is 0 Å². The lowest BCUT2D eigenvalue weighted by Crippen LogP contribution is -2.28. The van der Waals surface area contributed by atoms with Crippen molar-refractivity contribution in [3.05, 3.63) is 65.5 Å². The van der Waals surface area contributed by atoms with Crippen molar-refractivity contribution < 1.29 is 13.2 Å². The van der Waals surface area contributed by atoms with Crippen LogP contribution in [0.3, 0.4) is 0 Å². The van der Waals surface area contributed by atoms with Gasteiger partial charge < -0.3 is 5.32 Å². The van der Waals surface area contributed by atoms with Gasteiger partial charge in [-0.2, -0.15) is 4.31 Å². The van der Waals surface area contributed by atoms with Gasteiger partial charge in [-0.1, -0.05) is 48.2 Å². The second-order valence-electron chi connectivity index (χ2n) is 7.67. The largest absolute Gasteiger partial charge is 0.325 e. The molecule has 1 aliphatic heterocycles. The van der Waals surface area contributed by atoms with Crippen LogP contribution in [0.5, 0.6) is 0 Å². The van der Waals surface area contributed by atoms with Crippen molar-refractivity contribution in [3.8, 4) is 0 Å². The first-order valence-electron chi connectivity index (χ1n) is 10.6. The summed E-state index contributed by atoms with van der Waals surface area (Å²) in [5.74, 6) is 0.431. The smallest absolute Gasteiger partial charge is 0.243 e. The first kappa shape index (κ1) is 23.2. The number of carbonyl (C=O) groups excluding carboxylic acids is 1. The zero-order chi connectivity index (χ0) is 23.3. The molecule has 1 aliphatic rings. The van der Waals surface area contributed by atoms with Gasteiger partial charge in [0, 0.05) is 18.8 Å². The van der Waals surface area contributed by atoms with Gasteiger partial charge in [-0.15, -0.1) is 5.10 Å². The summed E-state index contributed by atoms with van der Waals surface area (Å²) in [5, 5.41) is 10.2. The van der Waals surface area contributed by atoms with E-state index < -0.39 is 10.0 Å². The van der Waals surface area contributed by atoms with Gasteiger partial charge in [0.05, 0.1) is 10.6 Å². The zero-order valence-corrected chi connectivity index (χ0v) is 19.8. The van der Waals surface area contributed by atoms with Crippen LogP contribution in [0.15, 0.2) is 58.6 Å². The number of aryl methyl sites for hydroxylation is 1. The average molecular weight is 484 g/mol. The average Bonchev–Trinajstić information content (AvgIpc) is 3.50. The molecule has 2 aromatic carbocycles. The van der Waals surface area contributed by atoms with Crippen molar-refractivity contribution in [2.75, 3.05) is 24.2 Å². The van der Waals surface area contributed by atoms with E-state index in [1.165, 1.54) is 22.1 Å². The third kappa shape index (κ3) is 5.89. The van der Waals surface area contributed by atoms with E-state index in [0.717, 1.165) is 24.0 Å². The highest BCUT2D eigenvalue weighted by Crippen LogP contribution is 2.23. The Kier molecular flexibility index (Phi) is 7.26. The number of anilines is 1. The normalized spacial score (nSPS) is 14.7. The van der Waals surface area contributed by atoms with Crippen LogP contribution < -0.4 is 5.32 Å². The topological polar surface area (TPSA) is 108 Å². The number of aromatic nitrogens is 3. The summed E-state index contributed by atoms with van der Waals surface area (Å²) in [6.07, 6.45) is 5.54. The van der Waals surface area contributed by atoms with Gasteiger partial charge in [0.15, 0.2) is 0 Å². The fraction of sp³-hybridized carbons (Fsp3) is 0.261. The maximum atomic E-state index is 12.7. The molecule has 10 heteroatoms. The van der Waals surface area contributed by atoms with Crippen molar-refractivity contribution in [1.82, 2.24) is 19.5 Å². The highest BCUT2D eigenvalue weighted by molar-refractivity contribution is 7.99. The number of rotatable bonds is 8. The Bertz CT molecular complexity index is 1260. The maximum Gasteiger partial charge on any atom is 0.243 e. The molecule has 1 aromatic heterocycles. The van der Waals surface area contributed by atoms with E-state index in [4.69, 9.17) is 0 Å². The SMILES string of the molecule is Cc1ccccc1/C=C/c1nc(SCC(=O)Nc2cccc(S(=O)(=O)N3CCCC3)c2)n[nH]1. The predicted octanol–water partition coefficient (Wildman–Crippen LogP) is 3.80. The third-order valence-electron chi connectivity index (χ3n) is 5.24. The molecule has 33 heavy (non-hydrogen) atoms. The number of sulfonamides is 1. The van der Waals surface area contributed by atoms with Gasteiger partial charge in [0.2, 0.25) is 21.1 Å². The number of aromatic amines is 1. The summed E-state index contributed by atoms with van der Waals surface area (Å²) in [5.41, 5.74) is 2.70. The Hall–Kier alpha value is -2.95. The number of hydrogen-bond donors (Lipinski definition) is 2. The van der Waals surface area contributed by atoms with Gasteiger partial charge in [-0.3, -0.25) is 9.89 Å². The zero-order valence-electron chi connectivity index (χ0n) is 18.2. The number of nitrogens with one attached hydrogen (secondary N) is 2. The van der Waals surface area contributed by atoms with Gasteiger partial charge >= 0.3 is 0 Å². The molecule has 0 radical (unpaired) electrons. The lowest BCUT2D eigenvalue weighted by atomic mass is 10.1. The van der Waals surface area contributed by atoms with Crippen LogP contribution >= 0.6 is 11.8 Å². The molecule has 0 spiro atoms. The molecule has 0 unspecified atom stereocenters. The second kappa shape index (κ2) is 10.3. The number of thioether (sulfide) groups is 1. The van der Waals surface area contributed by atoms with Crippen molar-refractivity contribution >= 4 is 45.5 Å². The number of benzene rings is 2. The van der Waals surface area contributed by atoms with Gasteiger partial charge in [-0.05, 0) is 55.2 Å². The molecule has 4 rings (SSSR count). The number of nitrogens with zero attached hydrogens (tertiary/aromatic N) is 3. The predicted molar refractivity (Wildman–Crippen MR) is 130 cm³/mol. The molecule has 1 fully saturated rings. The first-order valence-corrected chi connectivity index (χ1v) is 13.0. The van der Waals surface area contributed by atoms with Crippen LogP contribution in [0.2, 0.25) is 0 Å². The number of carbonyl (C=O) groups is 1. The molecule has 8 nitrogen and oxygen atoms in total. The van der Waals surface area contributed by atoms with Crippen molar-refractivity contribution in [2.24, 2.45) is 0 Å². The minimum atomic E-state index is -3.53. The maximum absolute atomic E-state index is 12.7. The van der Waals surface area contributed by atoms with E-state index in [0.29, 0.717) is 29.8 Å².